The predicted octanol–water partition coefficient (Wildman–Crippen LogP) is 6.98. The maximum absolute atomic E-state index is 13.3. The number of piperidine rings is 2. The average Bonchev–Trinajstić information content (AvgIpc) is 4.16. The molecule has 66 heavy (non-hydrogen) atoms. The van der Waals surface area contributed by atoms with Crippen molar-refractivity contribution < 1.29 is 52.7 Å². The number of likely N-dealkylation sites (tertiary alicyclic amines) is 2. The smallest absolute Gasteiger partial charge is 0.395 e. The van der Waals surface area contributed by atoms with Crippen LogP contribution in [-0.4, -0.2) is 148 Å². The minimum atomic E-state index is -4.10. The van der Waals surface area contributed by atoms with Crippen LogP contribution in [0.2, 0.25) is 0 Å². The number of fused-ring (bicyclic) bond motifs is 2. The van der Waals surface area contributed by atoms with Crippen molar-refractivity contribution in [2.75, 3.05) is 78.0 Å². The summed E-state index contributed by atoms with van der Waals surface area (Å²) in [6.07, 6.45) is 8.94. The lowest BCUT2D eigenvalue weighted by atomic mass is 9.88. The van der Waals surface area contributed by atoms with E-state index in [2.05, 4.69) is 9.97 Å². The second kappa shape index (κ2) is 17.9. The first-order valence-corrected chi connectivity index (χ1v) is 27.0. The van der Waals surface area contributed by atoms with Crippen LogP contribution in [0, 0.1) is 22.7 Å². The van der Waals surface area contributed by atoms with Crippen LogP contribution in [0.25, 0.3) is 11.1 Å². The minimum absolute atomic E-state index is 0.0396. The topological polar surface area (TPSA) is 125 Å². The molecular weight excluding hydrogens is 911 g/mol. The number of hydrogen-bond acceptors (Lipinski definition) is 10. The van der Waals surface area contributed by atoms with Crippen LogP contribution in [0.1, 0.15) is 86.7 Å². The Hall–Kier alpha value is -3.30. The number of hydrogen-bond donors (Lipinski definition) is 0. The van der Waals surface area contributed by atoms with Crippen LogP contribution in [0.3, 0.4) is 0 Å². The Labute approximate surface area is 383 Å². The van der Waals surface area contributed by atoms with E-state index < -0.39 is 43.2 Å². The summed E-state index contributed by atoms with van der Waals surface area (Å²) in [6, 6.07) is 4.10. The second-order valence-corrected chi connectivity index (χ2v) is 24.0. The molecule has 0 bridgehead atoms. The van der Waals surface area contributed by atoms with E-state index in [0.29, 0.717) is 77.0 Å². The largest absolute Gasteiger partial charge is 0.488 e. The third-order valence-electron chi connectivity index (χ3n) is 15.5. The first-order valence-electron chi connectivity index (χ1n) is 23.3. The van der Waals surface area contributed by atoms with Gasteiger partial charge >= 0.3 is 12.4 Å². The number of halogens is 6. The fraction of sp³-hybridized carbons (Fsp3) is 0.696. The van der Waals surface area contributed by atoms with E-state index in [0.717, 1.165) is 83.7 Å². The van der Waals surface area contributed by atoms with Gasteiger partial charge in [-0.1, -0.05) is 12.2 Å². The first-order chi connectivity index (χ1) is 31.1. The Morgan fingerprint density at radius 1 is 0.606 bits per heavy atom. The molecule has 2 saturated heterocycles. The van der Waals surface area contributed by atoms with Gasteiger partial charge in [0.25, 0.3) is 0 Å². The van der Waals surface area contributed by atoms with Gasteiger partial charge in [0, 0.05) is 63.2 Å². The van der Waals surface area contributed by atoms with Gasteiger partial charge in [-0.15, -0.1) is 0 Å². The molecule has 10 rings (SSSR count). The van der Waals surface area contributed by atoms with Crippen molar-refractivity contribution in [3.8, 4) is 11.5 Å². The molecule has 0 radical (unpaired) electrons. The number of rotatable bonds is 10. The highest BCUT2D eigenvalue weighted by atomic mass is 32.2. The minimum Gasteiger partial charge on any atom is -0.488 e. The van der Waals surface area contributed by atoms with Crippen LogP contribution >= 0.6 is 0 Å². The zero-order valence-electron chi connectivity index (χ0n) is 37.5. The molecular formula is C46H60F6N6O6S2. The number of aromatic nitrogens is 2. The average molecular weight is 971 g/mol. The van der Waals surface area contributed by atoms with Crippen LogP contribution in [0.15, 0.2) is 36.7 Å². The highest BCUT2D eigenvalue weighted by molar-refractivity contribution is 7.88. The van der Waals surface area contributed by atoms with Crippen molar-refractivity contribution in [2.24, 2.45) is 22.7 Å². The first kappa shape index (κ1) is 47.8. The molecule has 8 heterocycles. The highest BCUT2D eigenvalue weighted by Gasteiger charge is 2.64. The number of sulfonamides is 2. The summed E-state index contributed by atoms with van der Waals surface area (Å²) in [6.45, 7) is 4.64. The summed E-state index contributed by atoms with van der Waals surface area (Å²) in [5, 5.41) is 0. The lowest BCUT2D eigenvalue weighted by Gasteiger charge is -2.36. The normalized spacial score (nSPS) is 26.5. The summed E-state index contributed by atoms with van der Waals surface area (Å²) in [5.41, 5.74) is 3.11. The quantitative estimate of drug-likeness (QED) is 0.231. The number of alkyl halides is 6. The standard InChI is InChI=1S/2C23H30F3N3O3S/c2*1-33(30,31)29-10-4-16(5-11-29)19-12-18-13-20(32-21(18)14-27-19)17-2-8-28(9-3-17)15-22(6-7-22)23(24,25)26/h2*4,12,14,17,20H,2-3,5-11,13,15H2,1H3/t2*20-/m10/s1. The third-order valence-corrected chi connectivity index (χ3v) is 18.1. The maximum Gasteiger partial charge on any atom is 0.395 e. The lowest BCUT2D eigenvalue weighted by molar-refractivity contribution is -0.193. The second-order valence-electron chi connectivity index (χ2n) is 20.1. The SMILES string of the molecule is CS(=O)(=O)N1CC=C(c2cc3c(cn2)O[C@@H](C2CCN(CC4(C(F)(F)F)CC4)CC2)C3)CC1.CS(=O)(=O)N1CC=C(c2cc3c(cn2)O[C@H](C2CCN(CC4(C(F)(F)F)CC4)CC2)C3)CC1. The predicted molar refractivity (Wildman–Crippen MR) is 237 cm³/mol. The Bertz CT molecular complexity index is 2260. The third kappa shape index (κ3) is 10.3. The van der Waals surface area contributed by atoms with Gasteiger partial charge in [0.05, 0.1) is 47.1 Å². The van der Waals surface area contributed by atoms with Gasteiger partial charge in [0.15, 0.2) is 0 Å². The van der Waals surface area contributed by atoms with E-state index in [-0.39, 0.29) is 51.0 Å². The molecule has 0 N–H and O–H groups in total. The van der Waals surface area contributed by atoms with Gasteiger partial charge < -0.3 is 19.3 Å². The zero-order chi connectivity index (χ0) is 46.9. The van der Waals surface area contributed by atoms with E-state index in [9.17, 15) is 43.2 Å². The van der Waals surface area contributed by atoms with Crippen molar-refractivity contribution in [2.45, 2.75) is 102 Å². The number of ether oxygens (including phenoxy) is 2. The molecule has 0 unspecified atom stereocenters. The molecule has 2 aromatic rings. The highest BCUT2D eigenvalue weighted by Crippen LogP contribution is 2.59. The summed E-state index contributed by atoms with van der Waals surface area (Å²) >= 11 is 0. The van der Waals surface area contributed by atoms with Crippen molar-refractivity contribution in [1.82, 2.24) is 28.4 Å². The molecule has 12 nitrogen and oxygen atoms in total. The van der Waals surface area contributed by atoms with Gasteiger partial charge in [-0.3, -0.25) is 9.97 Å². The van der Waals surface area contributed by atoms with E-state index in [1.54, 1.807) is 12.4 Å². The maximum atomic E-state index is 13.3. The lowest BCUT2D eigenvalue weighted by Crippen LogP contribution is -2.44. The molecule has 2 atom stereocenters. The molecule has 6 aliphatic heterocycles. The summed E-state index contributed by atoms with van der Waals surface area (Å²) in [7, 11) is -6.38. The molecule has 0 spiro atoms. The molecule has 2 aliphatic carbocycles. The van der Waals surface area contributed by atoms with Crippen LogP contribution in [-0.2, 0) is 32.9 Å². The summed E-state index contributed by atoms with van der Waals surface area (Å²) < 4.78 is 142. The Morgan fingerprint density at radius 3 is 1.26 bits per heavy atom. The van der Waals surface area contributed by atoms with E-state index in [1.165, 1.54) is 21.1 Å². The molecule has 20 heteroatoms. The van der Waals surface area contributed by atoms with Gasteiger partial charge in [0.2, 0.25) is 20.0 Å². The molecule has 8 aliphatic rings. The molecule has 4 fully saturated rings. The van der Waals surface area contributed by atoms with Crippen LogP contribution in [0.4, 0.5) is 26.3 Å². The zero-order valence-corrected chi connectivity index (χ0v) is 39.2. The Morgan fingerprint density at radius 2 is 0.970 bits per heavy atom. The van der Waals surface area contributed by atoms with Crippen LogP contribution in [0.5, 0.6) is 11.5 Å². The fourth-order valence-electron chi connectivity index (χ4n) is 10.8. The van der Waals surface area contributed by atoms with Gasteiger partial charge in [0.1, 0.15) is 23.7 Å². The van der Waals surface area contributed by atoms with Crippen molar-refractivity contribution >= 4 is 31.2 Å². The molecule has 364 valence electrons. The van der Waals surface area contributed by atoms with Crippen molar-refractivity contribution in [1.29, 1.82) is 0 Å². The Balaban J connectivity index is 0.000000166. The fourth-order valence-corrected chi connectivity index (χ4v) is 12.3. The summed E-state index contributed by atoms with van der Waals surface area (Å²) in [5.74, 6) is 2.23. The van der Waals surface area contributed by atoms with Gasteiger partial charge in [-0.2, -0.15) is 35.0 Å². The Kier molecular flexibility index (Phi) is 13.0. The van der Waals surface area contributed by atoms with Crippen molar-refractivity contribution in [3.63, 3.8) is 0 Å². The van der Waals surface area contributed by atoms with E-state index in [4.69, 9.17) is 9.47 Å². The number of nitrogens with zero attached hydrogens (tertiary/aromatic N) is 6. The summed E-state index contributed by atoms with van der Waals surface area (Å²) in [4.78, 5) is 13.1. The van der Waals surface area contributed by atoms with E-state index in [1.807, 2.05) is 34.1 Å². The van der Waals surface area contributed by atoms with Gasteiger partial charge in [-0.05, 0) is 126 Å². The molecule has 0 amide bonds. The monoisotopic (exact) mass is 970 g/mol. The van der Waals surface area contributed by atoms with Crippen molar-refractivity contribution in [3.05, 3.63) is 59.2 Å². The molecule has 2 aromatic heterocycles. The van der Waals surface area contributed by atoms with E-state index >= 15 is 0 Å². The molecule has 0 aromatic carbocycles. The number of pyridine rings is 2. The van der Waals surface area contributed by atoms with Gasteiger partial charge in [-0.25, -0.2) is 16.8 Å². The van der Waals surface area contributed by atoms with Crippen LogP contribution < -0.4 is 9.47 Å². The molecule has 2 saturated carbocycles.